The molecule has 3 aromatic heterocycles. The molecule has 0 saturated heterocycles. The lowest BCUT2D eigenvalue weighted by molar-refractivity contribution is 0.306. The van der Waals surface area contributed by atoms with E-state index in [-0.39, 0.29) is 5.69 Å². The molecule has 0 saturated carbocycles. The Morgan fingerprint density at radius 1 is 1.24 bits per heavy atom. The first-order valence-corrected chi connectivity index (χ1v) is 9.25. The number of anilines is 2. The number of fused-ring (bicyclic) bond motifs is 1. The third kappa shape index (κ3) is 4.09. The smallest absolute Gasteiger partial charge is 0.158 e. The van der Waals surface area contributed by atoms with E-state index in [1.807, 2.05) is 19.2 Å². The number of nitrogens with one attached hydrogen (secondary N) is 3. The third-order valence-corrected chi connectivity index (χ3v) is 4.36. The maximum Gasteiger partial charge on any atom is 0.158 e. The standard InChI is InChI=1S/C19H20N8O2/c1-21-4-2-5-28-15-10-23-13-3-6-29-19(13)18(15)14-7-16(27-26-14)25-17-11-22-12(8-20)9-24-17/h7,9-11,21H,2-6H2,1H3,(H2,24,25,26,27). The molecule has 1 aliphatic rings. The van der Waals surface area contributed by atoms with Gasteiger partial charge in [-0.3, -0.25) is 10.1 Å². The fraction of sp³-hybridized carbons (Fsp3) is 0.316. The quantitative estimate of drug-likeness (QED) is 0.491. The van der Waals surface area contributed by atoms with Crippen LogP contribution in [0.3, 0.4) is 0 Å². The van der Waals surface area contributed by atoms with Crippen LogP contribution in [-0.2, 0) is 6.42 Å². The molecule has 0 fully saturated rings. The van der Waals surface area contributed by atoms with Crippen LogP contribution in [0.1, 0.15) is 17.8 Å². The van der Waals surface area contributed by atoms with E-state index in [0.717, 1.165) is 42.1 Å². The molecule has 0 amide bonds. The Morgan fingerprint density at radius 3 is 2.97 bits per heavy atom. The normalized spacial score (nSPS) is 12.1. The molecule has 148 valence electrons. The van der Waals surface area contributed by atoms with Gasteiger partial charge in [0.1, 0.15) is 11.9 Å². The van der Waals surface area contributed by atoms with Crippen molar-refractivity contribution >= 4 is 11.6 Å². The predicted molar refractivity (Wildman–Crippen MR) is 105 cm³/mol. The molecule has 0 aromatic carbocycles. The van der Waals surface area contributed by atoms with E-state index in [0.29, 0.717) is 30.6 Å². The van der Waals surface area contributed by atoms with Gasteiger partial charge in [0, 0.05) is 12.5 Å². The summed E-state index contributed by atoms with van der Waals surface area (Å²) in [7, 11) is 1.91. The number of aromatic nitrogens is 5. The Morgan fingerprint density at radius 2 is 2.17 bits per heavy atom. The van der Waals surface area contributed by atoms with Gasteiger partial charge >= 0.3 is 0 Å². The first kappa shape index (κ1) is 18.6. The summed E-state index contributed by atoms with van der Waals surface area (Å²) in [5.74, 6) is 2.42. The van der Waals surface area contributed by atoms with Crippen molar-refractivity contribution in [1.82, 2.24) is 30.5 Å². The van der Waals surface area contributed by atoms with Crippen LogP contribution in [0.25, 0.3) is 11.3 Å². The van der Waals surface area contributed by atoms with E-state index < -0.39 is 0 Å². The van der Waals surface area contributed by atoms with Crippen LogP contribution in [0.4, 0.5) is 11.6 Å². The van der Waals surface area contributed by atoms with Gasteiger partial charge in [0.15, 0.2) is 23.0 Å². The number of nitriles is 1. The second kappa shape index (κ2) is 8.53. The summed E-state index contributed by atoms with van der Waals surface area (Å²) < 4.78 is 11.8. The molecule has 0 atom stereocenters. The summed E-state index contributed by atoms with van der Waals surface area (Å²) in [6, 6.07) is 3.78. The lowest BCUT2D eigenvalue weighted by atomic mass is 10.1. The van der Waals surface area contributed by atoms with Gasteiger partial charge < -0.3 is 20.1 Å². The van der Waals surface area contributed by atoms with Gasteiger partial charge in [-0.1, -0.05) is 0 Å². The average Bonchev–Trinajstić information content (AvgIpc) is 3.41. The monoisotopic (exact) mass is 392 g/mol. The second-order valence-electron chi connectivity index (χ2n) is 6.37. The second-order valence-corrected chi connectivity index (χ2v) is 6.37. The van der Waals surface area contributed by atoms with Crippen molar-refractivity contribution in [2.75, 3.05) is 32.1 Å². The Balaban J connectivity index is 1.58. The molecule has 10 heteroatoms. The predicted octanol–water partition coefficient (Wildman–Crippen LogP) is 1.80. The number of hydrogen-bond donors (Lipinski definition) is 3. The molecule has 0 spiro atoms. The average molecular weight is 392 g/mol. The molecule has 0 radical (unpaired) electrons. The first-order chi connectivity index (χ1) is 14.3. The number of rotatable bonds is 8. The minimum atomic E-state index is 0.253. The zero-order chi connectivity index (χ0) is 20.1. The summed E-state index contributed by atoms with van der Waals surface area (Å²) >= 11 is 0. The lowest BCUT2D eigenvalue weighted by Gasteiger charge is -2.13. The molecule has 3 N–H and O–H groups in total. The summed E-state index contributed by atoms with van der Waals surface area (Å²) in [6.07, 6.45) is 6.26. The Labute approximate surface area is 167 Å². The molecule has 4 rings (SSSR count). The summed E-state index contributed by atoms with van der Waals surface area (Å²) in [5, 5.41) is 22.3. The highest BCUT2D eigenvalue weighted by Crippen LogP contribution is 2.42. The number of nitrogens with zero attached hydrogens (tertiary/aromatic N) is 5. The van der Waals surface area contributed by atoms with Crippen LogP contribution >= 0.6 is 0 Å². The van der Waals surface area contributed by atoms with Crippen molar-refractivity contribution in [3.8, 4) is 28.8 Å². The van der Waals surface area contributed by atoms with Gasteiger partial charge in [-0.2, -0.15) is 10.4 Å². The van der Waals surface area contributed by atoms with E-state index in [1.54, 1.807) is 6.20 Å². The third-order valence-electron chi connectivity index (χ3n) is 4.36. The first-order valence-electron chi connectivity index (χ1n) is 9.25. The van der Waals surface area contributed by atoms with Crippen LogP contribution in [-0.4, -0.2) is 52.0 Å². The molecule has 0 unspecified atom stereocenters. The zero-order valence-electron chi connectivity index (χ0n) is 15.9. The van der Waals surface area contributed by atoms with E-state index >= 15 is 0 Å². The lowest BCUT2D eigenvalue weighted by Crippen LogP contribution is -2.12. The summed E-state index contributed by atoms with van der Waals surface area (Å²) in [4.78, 5) is 12.6. The van der Waals surface area contributed by atoms with Crippen LogP contribution in [0.5, 0.6) is 11.5 Å². The molecule has 4 heterocycles. The number of pyridine rings is 1. The fourth-order valence-corrected chi connectivity index (χ4v) is 2.99. The van der Waals surface area contributed by atoms with Crippen LogP contribution in [0.2, 0.25) is 0 Å². The molecule has 1 aliphatic heterocycles. The van der Waals surface area contributed by atoms with Crippen LogP contribution in [0.15, 0.2) is 24.7 Å². The molecule has 29 heavy (non-hydrogen) atoms. The largest absolute Gasteiger partial charge is 0.491 e. The fourth-order valence-electron chi connectivity index (χ4n) is 2.99. The van der Waals surface area contributed by atoms with Gasteiger partial charge in [0.05, 0.1) is 48.8 Å². The van der Waals surface area contributed by atoms with Gasteiger partial charge in [0.25, 0.3) is 0 Å². The molecule has 0 bridgehead atoms. The summed E-state index contributed by atoms with van der Waals surface area (Å²) in [6.45, 7) is 2.03. The molecule has 3 aromatic rings. The minimum Gasteiger partial charge on any atom is -0.491 e. The van der Waals surface area contributed by atoms with Crippen molar-refractivity contribution in [2.45, 2.75) is 12.8 Å². The van der Waals surface area contributed by atoms with E-state index in [9.17, 15) is 0 Å². The summed E-state index contributed by atoms with van der Waals surface area (Å²) in [5.41, 5.74) is 2.72. The maximum atomic E-state index is 8.82. The van der Waals surface area contributed by atoms with Gasteiger partial charge in [-0.25, -0.2) is 9.97 Å². The van der Waals surface area contributed by atoms with E-state index in [2.05, 4.69) is 35.8 Å². The van der Waals surface area contributed by atoms with Crippen molar-refractivity contribution in [3.63, 3.8) is 0 Å². The van der Waals surface area contributed by atoms with E-state index in [4.69, 9.17) is 14.7 Å². The van der Waals surface area contributed by atoms with Crippen molar-refractivity contribution in [1.29, 1.82) is 5.26 Å². The highest BCUT2D eigenvalue weighted by Gasteiger charge is 2.24. The van der Waals surface area contributed by atoms with E-state index in [1.165, 1.54) is 12.4 Å². The Bertz CT molecular complexity index is 1030. The minimum absolute atomic E-state index is 0.253. The van der Waals surface area contributed by atoms with Crippen molar-refractivity contribution in [3.05, 3.63) is 36.0 Å². The topological polar surface area (TPSA) is 134 Å². The SMILES string of the molecule is CNCCCOc1cnc2c(c1-c1cc(Nc3cnc(C#N)cn3)n[nH]1)OCC2. The van der Waals surface area contributed by atoms with Crippen molar-refractivity contribution < 1.29 is 9.47 Å². The maximum absolute atomic E-state index is 8.82. The van der Waals surface area contributed by atoms with Crippen molar-refractivity contribution in [2.24, 2.45) is 0 Å². The van der Waals surface area contributed by atoms with Crippen LogP contribution in [0, 0.1) is 11.3 Å². The molecular formula is C19H20N8O2. The van der Waals surface area contributed by atoms with Gasteiger partial charge in [-0.15, -0.1) is 0 Å². The van der Waals surface area contributed by atoms with Crippen LogP contribution < -0.4 is 20.1 Å². The highest BCUT2D eigenvalue weighted by atomic mass is 16.5. The van der Waals surface area contributed by atoms with Gasteiger partial charge in [0.2, 0.25) is 0 Å². The number of aromatic amines is 1. The molecule has 0 aliphatic carbocycles. The molecular weight excluding hydrogens is 372 g/mol. The zero-order valence-corrected chi connectivity index (χ0v) is 15.9. The number of ether oxygens (including phenoxy) is 2. The number of hydrogen-bond acceptors (Lipinski definition) is 9. The number of H-pyrrole nitrogens is 1. The molecule has 10 nitrogen and oxygen atoms in total. The highest BCUT2D eigenvalue weighted by molar-refractivity contribution is 5.77. The Kier molecular flexibility index (Phi) is 5.49. The van der Waals surface area contributed by atoms with Gasteiger partial charge in [-0.05, 0) is 20.0 Å². The Hall–Kier alpha value is -3.71.